The highest BCUT2D eigenvalue weighted by Gasteiger charge is 2.11. The highest BCUT2D eigenvalue weighted by Crippen LogP contribution is 2.21. The van der Waals surface area contributed by atoms with E-state index in [1.165, 1.54) is 42.6 Å². The van der Waals surface area contributed by atoms with Crippen LogP contribution in [0.25, 0.3) is 6.08 Å². The Hall–Kier alpha value is -2.94. The predicted molar refractivity (Wildman–Crippen MR) is 86.2 cm³/mol. The number of nitro groups is 1. The first-order valence-electron chi connectivity index (χ1n) is 6.20. The number of phenols is 1. The Morgan fingerprint density at radius 2 is 2.17 bits per heavy atom. The number of hydrogen-bond acceptors (Lipinski definition) is 6. The van der Waals surface area contributed by atoms with E-state index in [1.54, 1.807) is 6.07 Å². The molecule has 0 saturated carbocycles. The van der Waals surface area contributed by atoms with Crippen molar-refractivity contribution in [1.29, 1.82) is 0 Å². The third-order valence-electron chi connectivity index (χ3n) is 2.58. The number of rotatable bonds is 5. The molecule has 0 fully saturated rings. The molecule has 9 heteroatoms. The Labute approximate surface area is 138 Å². The summed E-state index contributed by atoms with van der Waals surface area (Å²) in [6, 6.07) is 7.10. The predicted octanol–water partition coefficient (Wildman–Crippen LogP) is 3.08. The minimum Gasteiger partial charge on any atom is -0.507 e. The summed E-state index contributed by atoms with van der Waals surface area (Å²) in [6.07, 6.45) is 4.14. The zero-order valence-electron chi connectivity index (χ0n) is 11.5. The zero-order chi connectivity index (χ0) is 16.8. The smallest absolute Gasteiger partial charge is 0.433 e. The maximum Gasteiger partial charge on any atom is 0.433 e. The zero-order valence-corrected chi connectivity index (χ0v) is 13.1. The van der Waals surface area contributed by atoms with E-state index >= 15 is 0 Å². The maximum absolute atomic E-state index is 11.8. The van der Waals surface area contributed by atoms with E-state index in [2.05, 4.69) is 26.5 Å². The average Bonchev–Trinajstić information content (AvgIpc) is 2.98. The molecule has 0 radical (unpaired) electrons. The highest BCUT2D eigenvalue weighted by molar-refractivity contribution is 9.10. The number of carbonyl (C=O) groups excluding carboxylic acids is 1. The van der Waals surface area contributed by atoms with Gasteiger partial charge in [0.05, 0.1) is 11.6 Å². The summed E-state index contributed by atoms with van der Waals surface area (Å²) in [5.74, 6) is -0.833. The number of halogens is 1. The summed E-state index contributed by atoms with van der Waals surface area (Å²) in [7, 11) is 0. The second-order valence-corrected chi connectivity index (χ2v) is 5.09. The molecule has 0 saturated heterocycles. The average molecular weight is 380 g/mol. The number of hydrazone groups is 1. The molecule has 2 N–H and O–H groups in total. The van der Waals surface area contributed by atoms with Crippen LogP contribution < -0.4 is 5.43 Å². The molecule has 2 aromatic rings. The summed E-state index contributed by atoms with van der Waals surface area (Å²) in [5, 5.41) is 23.7. The normalized spacial score (nSPS) is 11.2. The van der Waals surface area contributed by atoms with Crippen LogP contribution in [0, 0.1) is 10.1 Å². The monoisotopic (exact) mass is 379 g/mol. The van der Waals surface area contributed by atoms with Crippen LogP contribution in [0.1, 0.15) is 16.1 Å². The van der Waals surface area contributed by atoms with E-state index in [0.29, 0.717) is 4.47 Å². The molecule has 8 nitrogen and oxygen atoms in total. The van der Waals surface area contributed by atoms with Gasteiger partial charge < -0.3 is 9.52 Å². The van der Waals surface area contributed by atoms with Crippen molar-refractivity contribution in [3.8, 4) is 5.75 Å². The first-order valence-corrected chi connectivity index (χ1v) is 6.99. The van der Waals surface area contributed by atoms with Crippen molar-refractivity contribution in [3.63, 3.8) is 0 Å². The van der Waals surface area contributed by atoms with Gasteiger partial charge in [0.1, 0.15) is 16.4 Å². The van der Waals surface area contributed by atoms with E-state index in [4.69, 9.17) is 4.42 Å². The van der Waals surface area contributed by atoms with Crippen molar-refractivity contribution in [2.75, 3.05) is 0 Å². The van der Waals surface area contributed by atoms with E-state index < -0.39 is 10.8 Å². The second-order valence-electron chi connectivity index (χ2n) is 4.17. The SMILES string of the molecule is O=C(N/N=C/C=C/c1ccc([N+](=O)[O-])o1)c1cc(Br)ccc1O. The summed E-state index contributed by atoms with van der Waals surface area (Å²) in [4.78, 5) is 21.6. The quantitative estimate of drug-likeness (QED) is 0.470. The third kappa shape index (κ3) is 4.51. The van der Waals surface area contributed by atoms with Gasteiger partial charge in [0.25, 0.3) is 5.91 Å². The highest BCUT2D eigenvalue weighted by atomic mass is 79.9. The number of nitrogens with one attached hydrogen (secondary N) is 1. The van der Waals surface area contributed by atoms with Gasteiger partial charge in [-0.15, -0.1) is 0 Å². The number of phenolic OH excluding ortho intramolecular Hbond substituents is 1. The van der Waals surface area contributed by atoms with Crippen molar-refractivity contribution in [1.82, 2.24) is 5.43 Å². The summed E-state index contributed by atoms with van der Waals surface area (Å²) in [5.41, 5.74) is 2.31. The summed E-state index contributed by atoms with van der Waals surface area (Å²) >= 11 is 3.20. The van der Waals surface area contributed by atoms with Gasteiger partial charge in [-0.2, -0.15) is 5.10 Å². The molecule has 0 atom stereocenters. The Morgan fingerprint density at radius 3 is 2.87 bits per heavy atom. The molecule has 118 valence electrons. The molecular weight excluding hydrogens is 370 g/mol. The van der Waals surface area contributed by atoms with Gasteiger partial charge in [-0.1, -0.05) is 15.9 Å². The lowest BCUT2D eigenvalue weighted by atomic mass is 10.2. The van der Waals surface area contributed by atoms with Crippen LogP contribution in [0.5, 0.6) is 5.75 Å². The van der Waals surface area contributed by atoms with Gasteiger partial charge in [0.2, 0.25) is 0 Å². The molecule has 1 aromatic carbocycles. The number of benzene rings is 1. The van der Waals surface area contributed by atoms with Crippen LogP contribution in [0.4, 0.5) is 5.88 Å². The van der Waals surface area contributed by atoms with Crippen LogP contribution in [-0.4, -0.2) is 22.2 Å². The van der Waals surface area contributed by atoms with Crippen molar-refractivity contribution in [3.05, 3.63) is 62.3 Å². The van der Waals surface area contributed by atoms with Gasteiger partial charge >= 0.3 is 5.88 Å². The van der Waals surface area contributed by atoms with Gasteiger partial charge in [-0.05, 0) is 36.4 Å². The molecule has 0 spiro atoms. The molecule has 1 aromatic heterocycles. The summed E-state index contributed by atoms with van der Waals surface area (Å²) in [6.45, 7) is 0. The first-order chi connectivity index (χ1) is 11.0. The fourth-order valence-electron chi connectivity index (χ4n) is 1.56. The molecule has 0 unspecified atom stereocenters. The molecule has 1 heterocycles. The number of amides is 1. The molecule has 0 aliphatic heterocycles. The second kappa shape index (κ2) is 7.36. The van der Waals surface area contributed by atoms with Crippen LogP contribution in [0.15, 0.2) is 50.4 Å². The van der Waals surface area contributed by atoms with Crippen LogP contribution in [-0.2, 0) is 0 Å². The van der Waals surface area contributed by atoms with Crippen LogP contribution in [0.2, 0.25) is 0 Å². The maximum atomic E-state index is 11.8. The number of nitrogens with zero attached hydrogens (tertiary/aromatic N) is 2. The standard InChI is InChI=1S/C14H10BrN3O5/c15-9-3-5-12(19)11(8-9)14(20)17-16-7-1-2-10-4-6-13(23-10)18(21)22/h1-8,19H,(H,17,20)/b2-1+,16-7+. The molecule has 2 rings (SSSR count). The van der Waals surface area contributed by atoms with Crippen molar-refractivity contribution in [2.45, 2.75) is 0 Å². The van der Waals surface area contributed by atoms with E-state index in [-0.39, 0.29) is 23.0 Å². The van der Waals surface area contributed by atoms with E-state index in [1.807, 2.05) is 0 Å². The number of aromatic hydroxyl groups is 1. The lowest BCUT2D eigenvalue weighted by Gasteiger charge is -2.02. The third-order valence-corrected chi connectivity index (χ3v) is 3.08. The van der Waals surface area contributed by atoms with Gasteiger partial charge in [0, 0.05) is 10.7 Å². The number of hydrogen-bond donors (Lipinski definition) is 2. The van der Waals surface area contributed by atoms with Gasteiger partial charge in [-0.3, -0.25) is 14.9 Å². The molecular formula is C14H10BrN3O5. The number of allylic oxidation sites excluding steroid dienone is 1. The number of furan rings is 1. The Bertz CT molecular complexity index is 797. The molecule has 23 heavy (non-hydrogen) atoms. The first kappa shape index (κ1) is 16.4. The molecule has 0 aliphatic rings. The summed E-state index contributed by atoms with van der Waals surface area (Å²) < 4.78 is 5.54. The van der Waals surface area contributed by atoms with Crippen LogP contribution in [0.3, 0.4) is 0 Å². The van der Waals surface area contributed by atoms with Crippen molar-refractivity contribution < 1.29 is 19.2 Å². The van der Waals surface area contributed by atoms with Crippen molar-refractivity contribution >= 4 is 40.0 Å². The fraction of sp³-hybridized carbons (Fsp3) is 0. The minimum absolute atomic E-state index is 0.0714. The van der Waals surface area contributed by atoms with Crippen LogP contribution >= 0.6 is 15.9 Å². The topological polar surface area (TPSA) is 118 Å². The lowest BCUT2D eigenvalue weighted by molar-refractivity contribution is -0.402. The lowest BCUT2D eigenvalue weighted by Crippen LogP contribution is -2.17. The fourth-order valence-corrected chi connectivity index (χ4v) is 1.92. The van der Waals surface area contributed by atoms with Gasteiger partial charge in [0.15, 0.2) is 0 Å². The van der Waals surface area contributed by atoms with Gasteiger partial charge in [-0.25, -0.2) is 5.43 Å². The number of carbonyl (C=O) groups is 1. The molecule has 1 amide bonds. The molecule has 0 bridgehead atoms. The largest absolute Gasteiger partial charge is 0.507 e. The van der Waals surface area contributed by atoms with E-state index in [9.17, 15) is 20.0 Å². The van der Waals surface area contributed by atoms with Crippen molar-refractivity contribution in [2.24, 2.45) is 5.10 Å². The Morgan fingerprint density at radius 1 is 1.39 bits per heavy atom. The Balaban J connectivity index is 1.93. The Kier molecular flexibility index (Phi) is 5.26. The minimum atomic E-state index is -0.643. The molecule has 0 aliphatic carbocycles. The van der Waals surface area contributed by atoms with E-state index in [0.717, 1.165) is 0 Å².